The SMILES string of the molecule is Cc1cn2nc([C@@H]3CCCCN3C(=O)c3cc(Cl)ccc3NS(C)(=O)=O)cc2nc1CCC1(C)CC1. The Hall–Kier alpha value is -2.65. The van der Waals surface area contributed by atoms with Gasteiger partial charge in [0.1, 0.15) is 0 Å². The van der Waals surface area contributed by atoms with Gasteiger partial charge >= 0.3 is 0 Å². The van der Waals surface area contributed by atoms with Crippen LogP contribution in [0.15, 0.2) is 30.5 Å². The Morgan fingerprint density at radius 3 is 2.75 bits per heavy atom. The summed E-state index contributed by atoms with van der Waals surface area (Å²) in [5.74, 6) is -0.270. The molecular weight excluding hydrogens is 498 g/mol. The minimum absolute atomic E-state index is 0.220. The molecule has 0 spiro atoms. The van der Waals surface area contributed by atoms with Crippen molar-refractivity contribution in [1.82, 2.24) is 19.5 Å². The average Bonchev–Trinajstić information content (AvgIpc) is 3.42. The van der Waals surface area contributed by atoms with Crippen LogP contribution in [0.2, 0.25) is 5.02 Å². The summed E-state index contributed by atoms with van der Waals surface area (Å²) in [5.41, 5.74) is 4.72. The van der Waals surface area contributed by atoms with Crippen LogP contribution in [0.4, 0.5) is 5.69 Å². The molecule has 192 valence electrons. The topological polar surface area (TPSA) is 96.7 Å². The van der Waals surface area contributed by atoms with Crippen molar-refractivity contribution in [2.24, 2.45) is 5.41 Å². The van der Waals surface area contributed by atoms with E-state index >= 15 is 0 Å². The Kier molecular flexibility index (Phi) is 6.49. The van der Waals surface area contributed by atoms with Gasteiger partial charge in [-0.1, -0.05) is 18.5 Å². The number of nitrogens with zero attached hydrogens (tertiary/aromatic N) is 4. The van der Waals surface area contributed by atoms with Crippen molar-refractivity contribution >= 4 is 38.9 Å². The molecule has 5 rings (SSSR count). The smallest absolute Gasteiger partial charge is 0.256 e. The molecule has 36 heavy (non-hydrogen) atoms. The number of hydrogen-bond donors (Lipinski definition) is 1. The monoisotopic (exact) mass is 529 g/mol. The maximum absolute atomic E-state index is 13.7. The van der Waals surface area contributed by atoms with E-state index in [0.717, 1.165) is 61.0 Å². The number of piperidine rings is 1. The van der Waals surface area contributed by atoms with Crippen molar-refractivity contribution in [1.29, 1.82) is 0 Å². The second kappa shape index (κ2) is 9.34. The number of amides is 1. The van der Waals surface area contributed by atoms with Crippen LogP contribution >= 0.6 is 11.6 Å². The summed E-state index contributed by atoms with van der Waals surface area (Å²) in [7, 11) is -3.57. The number of benzene rings is 1. The predicted molar refractivity (Wildman–Crippen MR) is 141 cm³/mol. The molecule has 0 unspecified atom stereocenters. The van der Waals surface area contributed by atoms with Crippen LogP contribution in [0.3, 0.4) is 0 Å². The van der Waals surface area contributed by atoms with Crippen LogP contribution in [0.25, 0.3) is 5.65 Å². The largest absolute Gasteiger partial charge is 0.330 e. The number of aryl methyl sites for hydroxylation is 2. The molecular formula is C26H32ClN5O3S. The quantitative estimate of drug-likeness (QED) is 0.456. The van der Waals surface area contributed by atoms with E-state index in [-0.39, 0.29) is 23.2 Å². The molecule has 8 nitrogen and oxygen atoms in total. The molecule has 1 saturated heterocycles. The van der Waals surface area contributed by atoms with Gasteiger partial charge in [-0.2, -0.15) is 5.10 Å². The summed E-state index contributed by atoms with van der Waals surface area (Å²) in [6.07, 6.45) is 10.4. The van der Waals surface area contributed by atoms with Crippen LogP contribution in [0, 0.1) is 12.3 Å². The Balaban J connectivity index is 1.45. The maximum atomic E-state index is 13.7. The van der Waals surface area contributed by atoms with E-state index in [2.05, 4.69) is 18.6 Å². The van der Waals surface area contributed by atoms with Crippen LogP contribution < -0.4 is 4.72 Å². The summed E-state index contributed by atoms with van der Waals surface area (Å²) in [6, 6.07) is 6.36. The third-order valence-electron chi connectivity index (χ3n) is 7.44. The normalized spacial score (nSPS) is 19.4. The highest BCUT2D eigenvalue weighted by Gasteiger charge is 2.37. The number of likely N-dealkylation sites (tertiary alicyclic amines) is 1. The highest BCUT2D eigenvalue weighted by Crippen LogP contribution is 2.48. The Bertz CT molecular complexity index is 1430. The summed E-state index contributed by atoms with van der Waals surface area (Å²) >= 11 is 6.19. The lowest BCUT2D eigenvalue weighted by atomic mass is 9.98. The number of sulfonamides is 1. The Morgan fingerprint density at radius 2 is 2.03 bits per heavy atom. The number of aromatic nitrogens is 3. The first-order valence-electron chi connectivity index (χ1n) is 12.5. The van der Waals surface area contributed by atoms with E-state index in [4.69, 9.17) is 21.7 Å². The van der Waals surface area contributed by atoms with Crippen molar-refractivity contribution in [3.8, 4) is 0 Å². The van der Waals surface area contributed by atoms with E-state index in [1.54, 1.807) is 15.5 Å². The molecule has 1 N–H and O–H groups in total. The number of hydrogen-bond acceptors (Lipinski definition) is 5. The van der Waals surface area contributed by atoms with Gasteiger partial charge in [-0.25, -0.2) is 17.9 Å². The molecule has 2 aliphatic rings. The number of halogens is 1. The van der Waals surface area contributed by atoms with Crippen molar-refractivity contribution in [3.05, 3.63) is 58.0 Å². The fourth-order valence-corrected chi connectivity index (χ4v) is 5.73. The molecule has 3 heterocycles. The third-order valence-corrected chi connectivity index (χ3v) is 8.26. The number of rotatable bonds is 7. The van der Waals surface area contributed by atoms with Gasteiger partial charge < -0.3 is 4.90 Å². The predicted octanol–water partition coefficient (Wildman–Crippen LogP) is 5.16. The first kappa shape index (κ1) is 25.0. The van der Waals surface area contributed by atoms with Crippen molar-refractivity contribution in [2.45, 2.75) is 64.8 Å². The lowest BCUT2D eigenvalue weighted by Crippen LogP contribution is -2.39. The highest BCUT2D eigenvalue weighted by atomic mass is 35.5. The molecule has 1 saturated carbocycles. The van der Waals surface area contributed by atoms with Crippen molar-refractivity contribution in [3.63, 3.8) is 0 Å². The fourth-order valence-electron chi connectivity index (χ4n) is 4.98. The van der Waals surface area contributed by atoms with Gasteiger partial charge in [-0.05, 0) is 81.0 Å². The van der Waals surface area contributed by atoms with Gasteiger partial charge in [0, 0.05) is 29.5 Å². The van der Waals surface area contributed by atoms with E-state index < -0.39 is 10.0 Å². The standard InChI is InChI=1S/C26H32ClN5O3S/c1-17-16-32-24(28-20(17)9-10-26(2)11-12-26)15-22(29-32)23-6-4-5-13-31(23)25(33)19-14-18(27)7-8-21(19)30-36(3,34)35/h7-8,14-16,23,30H,4-6,9-13H2,1-3H3/t23-/m0/s1. The molecule has 1 aromatic carbocycles. The van der Waals surface area contributed by atoms with E-state index in [0.29, 0.717) is 17.0 Å². The first-order valence-corrected chi connectivity index (χ1v) is 14.7. The minimum Gasteiger partial charge on any atom is -0.330 e. The number of nitrogens with one attached hydrogen (secondary N) is 1. The summed E-state index contributed by atoms with van der Waals surface area (Å²) in [4.78, 5) is 20.4. The zero-order valence-corrected chi connectivity index (χ0v) is 22.5. The van der Waals surface area contributed by atoms with E-state index in [9.17, 15) is 13.2 Å². The number of anilines is 1. The summed E-state index contributed by atoms with van der Waals surface area (Å²) in [6.45, 7) is 4.96. The first-order chi connectivity index (χ1) is 17.0. The highest BCUT2D eigenvalue weighted by molar-refractivity contribution is 7.92. The van der Waals surface area contributed by atoms with Crippen molar-refractivity contribution < 1.29 is 13.2 Å². The molecule has 1 amide bonds. The summed E-state index contributed by atoms with van der Waals surface area (Å²) in [5, 5.41) is 5.17. The second-order valence-corrected chi connectivity index (χ2v) is 12.8. The van der Waals surface area contributed by atoms with Gasteiger partial charge in [0.15, 0.2) is 5.65 Å². The molecule has 2 fully saturated rings. The zero-order chi connectivity index (χ0) is 25.7. The van der Waals surface area contributed by atoms with Crippen LogP contribution in [-0.4, -0.2) is 46.6 Å². The lowest BCUT2D eigenvalue weighted by Gasteiger charge is -2.35. The molecule has 10 heteroatoms. The van der Waals surface area contributed by atoms with E-state index in [1.165, 1.54) is 25.0 Å². The lowest BCUT2D eigenvalue weighted by molar-refractivity contribution is 0.0607. The molecule has 0 radical (unpaired) electrons. The van der Waals surface area contributed by atoms with Gasteiger partial charge in [0.25, 0.3) is 5.91 Å². The van der Waals surface area contributed by atoms with Gasteiger partial charge in [0.05, 0.1) is 29.2 Å². The molecule has 2 aromatic heterocycles. The second-order valence-electron chi connectivity index (χ2n) is 10.6. The Morgan fingerprint density at radius 1 is 1.25 bits per heavy atom. The van der Waals surface area contributed by atoms with Crippen LogP contribution in [-0.2, 0) is 16.4 Å². The van der Waals surface area contributed by atoms with Crippen LogP contribution in [0.1, 0.15) is 78.8 Å². The zero-order valence-electron chi connectivity index (χ0n) is 20.9. The minimum atomic E-state index is -3.57. The van der Waals surface area contributed by atoms with Crippen LogP contribution in [0.5, 0.6) is 0 Å². The molecule has 3 aromatic rings. The maximum Gasteiger partial charge on any atom is 0.256 e. The Labute approximate surface area is 217 Å². The molecule has 1 aliphatic carbocycles. The fraction of sp³-hybridized carbons (Fsp3) is 0.500. The van der Waals surface area contributed by atoms with Gasteiger partial charge in [0.2, 0.25) is 10.0 Å². The van der Waals surface area contributed by atoms with Gasteiger partial charge in [-0.3, -0.25) is 9.52 Å². The number of fused-ring (bicyclic) bond motifs is 1. The third kappa shape index (κ3) is 5.37. The molecule has 1 atom stereocenters. The van der Waals surface area contributed by atoms with Crippen molar-refractivity contribution in [2.75, 3.05) is 17.5 Å². The molecule has 0 bridgehead atoms. The summed E-state index contributed by atoms with van der Waals surface area (Å²) < 4.78 is 28.0. The number of carbonyl (C=O) groups is 1. The van der Waals surface area contributed by atoms with Gasteiger partial charge in [-0.15, -0.1) is 0 Å². The number of carbonyl (C=O) groups excluding carboxylic acids is 1. The average molecular weight is 530 g/mol. The van der Waals surface area contributed by atoms with E-state index in [1.807, 2.05) is 12.3 Å². The molecule has 1 aliphatic heterocycles.